The summed E-state index contributed by atoms with van der Waals surface area (Å²) in [4.78, 5) is 4.70. The van der Waals surface area contributed by atoms with E-state index in [4.69, 9.17) is 9.72 Å². The first kappa shape index (κ1) is 17.5. The number of rotatable bonds is 8. The third-order valence-corrected chi connectivity index (χ3v) is 4.37. The first-order chi connectivity index (χ1) is 12.2. The van der Waals surface area contributed by atoms with Gasteiger partial charge >= 0.3 is 0 Å². The first-order valence-corrected chi connectivity index (χ1v) is 9.05. The monoisotopic (exact) mass is 338 g/mol. The van der Waals surface area contributed by atoms with Gasteiger partial charge in [-0.15, -0.1) is 0 Å². The van der Waals surface area contributed by atoms with Gasteiger partial charge in [-0.2, -0.15) is 0 Å². The zero-order chi connectivity index (χ0) is 17.6. The highest BCUT2D eigenvalue weighted by Crippen LogP contribution is 2.18. The van der Waals surface area contributed by atoms with Crippen molar-refractivity contribution in [3.05, 3.63) is 59.9 Å². The van der Waals surface area contributed by atoms with Gasteiger partial charge in [0.05, 0.1) is 17.6 Å². The van der Waals surface area contributed by atoms with Crippen LogP contribution in [0.1, 0.15) is 31.7 Å². The summed E-state index contributed by atoms with van der Waals surface area (Å²) in [6.45, 7) is 5.03. The fourth-order valence-electron chi connectivity index (χ4n) is 3.02. The molecule has 3 aromatic rings. The van der Waals surface area contributed by atoms with E-state index in [0.29, 0.717) is 6.54 Å². The molecule has 0 radical (unpaired) electrons. The molecule has 1 heterocycles. The second kappa shape index (κ2) is 8.17. The fourth-order valence-corrected chi connectivity index (χ4v) is 3.02. The molecule has 3 rings (SSSR count). The van der Waals surface area contributed by atoms with E-state index in [1.54, 1.807) is 0 Å². The Balaban J connectivity index is 1.68. The molecule has 0 saturated carbocycles. The van der Waals surface area contributed by atoms with Crippen molar-refractivity contribution in [3.63, 3.8) is 0 Å². The second-order valence-corrected chi connectivity index (χ2v) is 6.34. The molecule has 4 nitrogen and oxygen atoms in total. The molecule has 0 saturated heterocycles. The van der Waals surface area contributed by atoms with Crippen molar-refractivity contribution in [2.75, 3.05) is 6.61 Å². The summed E-state index contributed by atoms with van der Waals surface area (Å²) in [5.74, 6) is 1.82. The third-order valence-electron chi connectivity index (χ3n) is 4.37. The lowest BCUT2D eigenvalue weighted by Gasteiger charge is -2.15. The van der Waals surface area contributed by atoms with E-state index in [-0.39, 0.29) is 6.61 Å². The molecule has 1 atom stereocenters. The number of nitrogens with zero attached hydrogens (tertiary/aromatic N) is 2. The topological polar surface area (TPSA) is 47.3 Å². The van der Waals surface area contributed by atoms with E-state index in [1.807, 2.05) is 30.3 Å². The van der Waals surface area contributed by atoms with Crippen molar-refractivity contribution >= 4 is 11.0 Å². The molecule has 0 fully saturated rings. The lowest BCUT2D eigenvalue weighted by molar-refractivity contribution is 0.0927. The van der Waals surface area contributed by atoms with Crippen molar-refractivity contribution < 1.29 is 9.84 Å². The summed E-state index contributed by atoms with van der Waals surface area (Å²) >= 11 is 0. The largest absolute Gasteiger partial charge is 0.491 e. The Bertz CT molecular complexity index is 808. The van der Waals surface area contributed by atoms with Gasteiger partial charge < -0.3 is 14.4 Å². The molecular formula is C21H26N2O2. The Kier molecular flexibility index (Phi) is 5.71. The average molecular weight is 338 g/mol. The van der Waals surface area contributed by atoms with Crippen LogP contribution in [0.4, 0.5) is 0 Å². The van der Waals surface area contributed by atoms with Gasteiger partial charge in [-0.05, 0) is 42.7 Å². The number of hydrogen-bond acceptors (Lipinski definition) is 3. The Morgan fingerprint density at radius 2 is 1.84 bits per heavy atom. The third kappa shape index (κ3) is 4.20. The highest BCUT2D eigenvalue weighted by atomic mass is 16.5. The minimum Gasteiger partial charge on any atom is -0.491 e. The predicted molar refractivity (Wildman–Crippen MR) is 101 cm³/mol. The Morgan fingerprint density at radius 1 is 1.08 bits per heavy atom. The zero-order valence-corrected chi connectivity index (χ0v) is 15.0. The highest BCUT2D eigenvalue weighted by Gasteiger charge is 2.14. The van der Waals surface area contributed by atoms with E-state index in [9.17, 15) is 5.11 Å². The maximum Gasteiger partial charge on any atom is 0.119 e. The summed E-state index contributed by atoms with van der Waals surface area (Å²) < 4.78 is 7.86. The highest BCUT2D eigenvalue weighted by molar-refractivity contribution is 5.75. The number of imidazole rings is 1. The van der Waals surface area contributed by atoms with Gasteiger partial charge in [0.15, 0.2) is 0 Å². The maximum atomic E-state index is 10.5. The molecule has 1 N–H and O–H groups in total. The summed E-state index contributed by atoms with van der Waals surface area (Å²) in [5, 5.41) is 10.5. The molecule has 0 aliphatic rings. The Hall–Kier alpha value is -2.33. The number of aromatic nitrogens is 2. The van der Waals surface area contributed by atoms with E-state index in [1.165, 1.54) is 5.56 Å². The predicted octanol–water partition coefficient (Wildman–Crippen LogP) is 3.99. The number of para-hydroxylation sites is 2. The molecule has 0 spiro atoms. The SMILES string of the molecule is CCCc1nc2ccccc2n1CC(O)COc1ccc(CC)cc1. The molecule has 1 aromatic heterocycles. The van der Waals surface area contributed by atoms with Crippen LogP contribution in [0, 0.1) is 0 Å². The standard InChI is InChI=1S/C21H26N2O2/c1-3-7-21-22-19-8-5-6-9-20(19)23(21)14-17(24)15-25-18-12-10-16(4-2)11-13-18/h5-6,8-13,17,24H,3-4,7,14-15H2,1-2H3. The number of aryl methyl sites for hydroxylation is 2. The van der Waals surface area contributed by atoms with Crippen LogP contribution >= 0.6 is 0 Å². The van der Waals surface area contributed by atoms with Crippen LogP contribution in [-0.2, 0) is 19.4 Å². The van der Waals surface area contributed by atoms with Gasteiger partial charge in [0, 0.05) is 6.42 Å². The van der Waals surface area contributed by atoms with Crippen LogP contribution in [0.3, 0.4) is 0 Å². The van der Waals surface area contributed by atoms with Gasteiger partial charge in [-0.3, -0.25) is 0 Å². The van der Waals surface area contributed by atoms with Crippen molar-refractivity contribution in [2.24, 2.45) is 0 Å². The van der Waals surface area contributed by atoms with Crippen LogP contribution in [0.5, 0.6) is 5.75 Å². The van der Waals surface area contributed by atoms with Crippen molar-refractivity contribution in [1.82, 2.24) is 9.55 Å². The number of hydrogen-bond donors (Lipinski definition) is 1. The average Bonchev–Trinajstić information content (AvgIpc) is 2.98. The minimum absolute atomic E-state index is 0.267. The van der Waals surface area contributed by atoms with E-state index < -0.39 is 6.10 Å². The number of ether oxygens (including phenoxy) is 1. The molecule has 0 bridgehead atoms. The molecule has 0 aliphatic carbocycles. The number of aliphatic hydroxyl groups is 1. The molecule has 132 valence electrons. The summed E-state index contributed by atoms with van der Waals surface area (Å²) in [6.07, 6.45) is 2.36. The van der Waals surface area contributed by atoms with E-state index in [2.05, 4.69) is 36.6 Å². The van der Waals surface area contributed by atoms with Gasteiger partial charge in [0.25, 0.3) is 0 Å². The number of fused-ring (bicyclic) bond motifs is 1. The lowest BCUT2D eigenvalue weighted by Crippen LogP contribution is -2.24. The van der Waals surface area contributed by atoms with Crippen molar-refractivity contribution in [1.29, 1.82) is 0 Å². The van der Waals surface area contributed by atoms with Crippen LogP contribution in [-0.4, -0.2) is 27.4 Å². The summed E-state index contributed by atoms with van der Waals surface area (Å²) in [6, 6.07) is 16.1. The van der Waals surface area contributed by atoms with Gasteiger partial charge in [-0.1, -0.05) is 38.1 Å². The van der Waals surface area contributed by atoms with Crippen LogP contribution in [0.15, 0.2) is 48.5 Å². The Morgan fingerprint density at radius 3 is 2.56 bits per heavy atom. The molecular weight excluding hydrogens is 312 g/mol. The minimum atomic E-state index is -0.584. The first-order valence-electron chi connectivity index (χ1n) is 9.05. The smallest absolute Gasteiger partial charge is 0.119 e. The van der Waals surface area contributed by atoms with Gasteiger partial charge in [-0.25, -0.2) is 4.98 Å². The van der Waals surface area contributed by atoms with Crippen LogP contribution in [0.25, 0.3) is 11.0 Å². The quantitative estimate of drug-likeness (QED) is 0.675. The van der Waals surface area contributed by atoms with E-state index in [0.717, 1.165) is 41.9 Å². The van der Waals surface area contributed by atoms with Crippen LogP contribution in [0.2, 0.25) is 0 Å². The number of aliphatic hydroxyl groups excluding tert-OH is 1. The molecule has 1 unspecified atom stereocenters. The molecule has 25 heavy (non-hydrogen) atoms. The molecule has 0 amide bonds. The Labute approximate surface area is 149 Å². The molecule has 4 heteroatoms. The van der Waals surface area contributed by atoms with Gasteiger partial charge in [0.1, 0.15) is 24.3 Å². The van der Waals surface area contributed by atoms with Gasteiger partial charge in [0.2, 0.25) is 0 Å². The fraction of sp³-hybridized carbons (Fsp3) is 0.381. The summed E-state index contributed by atoms with van der Waals surface area (Å²) in [7, 11) is 0. The lowest BCUT2D eigenvalue weighted by atomic mass is 10.2. The summed E-state index contributed by atoms with van der Waals surface area (Å²) in [5.41, 5.74) is 3.33. The van der Waals surface area contributed by atoms with E-state index >= 15 is 0 Å². The normalized spacial score (nSPS) is 12.4. The second-order valence-electron chi connectivity index (χ2n) is 6.34. The van der Waals surface area contributed by atoms with Crippen LogP contribution < -0.4 is 4.74 Å². The maximum absolute atomic E-state index is 10.5. The molecule has 0 aliphatic heterocycles. The number of benzene rings is 2. The zero-order valence-electron chi connectivity index (χ0n) is 15.0. The van der Waals surface area contributed by atoms with Crippen molar-refractivity contribution in [3.8, 4) is 5.75 Å². The van der Waals surface area contributed by atoms with Crippen molar-refractivity contribution in [2.45, 2.75) is 45.8 Å². The molecule has 2 aromatic carbocycles.